The number of nitrogens with two attached hydrogens (primary N) is 1. The maximum atomic E-state index is 14.3. The summed E-state index contributed by atoms with van der Waals surface area (Å²) in [5.74, 6) is -0.660. The molecule has 1 saturated heterocycles. The van der Waals surface area contributed by atoms with Crippen LogP contribution < -0.4 is 5.73 Å². The van der Waals surface area contributed by atoms with Gasteiger partial charge >= 0.3 is 12.0 Å². The molecule has 0 bridgehead atoms. The lowest BCUT2D eigenvalue weighted by molar-refractivity contribution is -0.158. The molecule has 0 saturated carbocycles. The Morgan fingerprint density at radius 2 is 1.71 bits per heavy atom. The second-order valence-corrected chi connectivity index (χ2v) is 10.2. The molecular weight excluding hydrogens is 529 g/mol. The largest absolute Gasteiger partial charge is 0.455 e. The Morgan fingerprint density at radius 1 is 1.05 bits per heavy atom. The van der Waals surface area contributed by atoms with Crippen LogP contribution in [-0.4, -0.2) is 49.9 Å². The lowest BCUT2D eigenvalue weighted by Crippen LogP contribution is -2.48. The third kappa shape index (κ3) is 6.27. The van der Waals surface area contributed by atoms with Crippen LogP contribution in [0, 0.1) is 6.08 Å². The highest BCUT2D eigenvalue weighted by molar-refractivity contribution is 5.81. The molecule has 0 spiro atoms. The van der Waals surface area contributed by atoms with Crippen molar-refractivity contribution in [3.8, 4) is 0 Å². The first-order chi connectivity index (χ1) is 19.8. The highest BCUT2D eigenvalue weighted by Gasteiger charge is 2.58. The van der Waals surface area contributed by atoms with E-state index in [2.05, 4.69) is 15.0 Å². The van der Waals surface area contributed by atoms with E-state index < -0.39 is 36.1 Å². The number of rotatable bonds is 10. The maximum absolute atomic E-state index is 14.3. The molecule has 5 rings (SSSR count). The van der Waals surface area contributed by atoms with Crippen molar-refractivity contribution in [3.05, 3.63) is 95.8 Å². The number of benzene rings is 2. The smallest absolute Gasteiger partial charge is 0.312 e. The first kappa shape index (κ1) is 28.3. The summed E-state index contributed by atoms with van der Waals surface area (Å²) in [7, 11) is 0. The molecule has 1 fully saturated rings. The van der Waals surface area contributed by atoms with Crippen LogP contribution in [0.25, 0.3) is 11.2 Å². The Kier molecular flexibility index (Phi) is 8.39. The molecule has 0 radical (unpaired) electrons. The van der Waals surface area contributed by atoms with E-state index in [9.17, 15) is 9.18 Å². The number of hydrogen-bond acceptors (Lipinski definition) is 9. The quantitative estimate of drug-likeness (QED) is 0.169. The molecule has 1 aliphatic rings. The van der Waals surface area contributed by atoms with Crippen molar-refractivity contribution in [2.45, 2.75) is 58.0 Å². The summed E-state index contributed by atoms with van der Waals surface area (Å²) in [6.07, 6.45) is -0.513. The average molecular weight is 562 g/mol. The number of anilines is 1. The minimum Gasteiger partial charge on any atom is -0.455 e. The molecule has 0 amide bonds. The number of fused-ring (bicyclic) bond motifs is 1. The normalized spacial score (nSPS) is 22.1. The first-order valence-electron chi connectivity index (χ1n) is 13.2. The van der Waals surface area contributed by atoms with Crippen LogP contribution in [0.15, 0.2) is 78.6 Å². The standard InChI is InChI=1S/C30H32FN5O5/c1-19(2)14-30(17-38-15-21-10-6-4-7-11-21)25(39-16-22-12-8-5-9-13-22)24(40-20(3)37)28(41-30)36-18-33-23-26(32)34-29(31)35-27(23)36/h4-14,18,24-25,28H,15-17H2,1-3H3,(H2,32,34,35). The van der Waals surface area contributed by atoms with Crippen LogP contribution in [-0.2, 0) is 37.0 Å². The van der Waals surface area contributed by atoms with E-state index in [0.29, 0.717) is 6.61 Å². The number of halogens is 1. The second-order valence-electron chi connectivity index (χ2n) is 10.2. The molecule has 1 aliphatic heterocycles. The lowest BCUT2D eigenvalue weighted by Gasteiger charge is -2.32. The van der Waals surface area contributed by atoms with Gasteiger partial charge in [0.2, 0.25) is 0 Å². The number of ether oxygens (including phenoxy) is 4. The van der Waals surface area contributed by atoms with Crippen molar-refractivity contribution >= 4 is 23.0 Å². The highest BCUT2D eigenvalue weighted by Crippen LogP contribution is 2.44. The van der Waals surface area contributed by atoms with Gasteiger partial charge in [-0.15, -0.1) is 0 Å². The van der Waals surface area contributed by atoms with E-state index >= 15 is 0 Å². The van der Waals surface area contributed by atoms with Crippen molar-refractivity contribution in [2.24, 2.45) is 0 Å². The molecule has 3 heterocycles. The summed E-state index contributed by atoms with van der Waals surface area (Å²) < 4.78 is 41.1. The van der Waals surface area contributed by atoms with Gasteiger partial charge < -0.3 is 24.7 Å². The van der Waals surface area contributed by atoms with E-state index in [1.165, 1.54) is 17.8 Å². The van der Waals surface area contributed by atoms with Crippen LogP contribution >= 0.6 is 0 Å². The molecule has 11 heteroatoms. The predicted molar refractivity (Wildman–Crippen MR) is 149 cm³/mol. The first-order valence-corrected chi connectivity index (χ1v) is 13.2. The predicted octanol–water partition coefficient (Wildman–Crippen LogP) is 4.52. The Labute approximate surface area is 236 Å². The molecular formula is C30H32FN5O5. The zero-order chi connectivity index (χ0) is 29.0. The maximum Gasteiger partial charge on any atom is 0.312 e. The summed E-state index contributed by atoms with van der Waals surface area (Å²) in [6.45, 7) is 5.77. The molecule has 2 aromatic carbocycles. The zero-order valence-electron chi connectivity index (χ0n) is 23.1. The van der Waals surface area contributed by atoms with E-state index in [1.54, 1.807) is 0 Å². The van der Waals surface area contributed by atoms with Gasteiger partial charge in [0.15, 0.2) is 29.3 Å². The van der Waals surface area contributed by atoms with Crippen molar-refractivity contribution in [3.63, 3.8) is 0 Å². The van der Waals surface area contributed by atoms with Crippen LogP contribution in [0.3, 0.4) is 0 Å². The fourth-order valence-corrected chi connectivity index (χ4v) is 5.07. The van der Waals surface area contributed by atoms with Crippen LogP contribution in [0.4, 0.5) is 10.2 Å². The number of carbonyl (C=O) groups excluding carboxylic acids is 1. The summed E-state index contributed by atoms with van der Waals surface area (Å²) >= 11 is 0. The van der Waals surface area contributed by atoms with Gasteiger partial charge in [0.05, 0.1) is 26.1 Å². The van der Waals surface area contributed by atoms with Crippen LogP contribution in [0.1, 0.15) is 38.1 Å². The summed E-state index contributed by atoms with van der Waals surface area (Å²) in [5, 5.41) is 0. The highest BCUT2D eigenvalue weighted by atomic mass is 19.1. The van der Waals surface area contributed by atoms with Crippen molar-refractivity contribution in [2.75, 3.05) is 12.3 Å². The number of esters is 1. The summed E-state index contributed by atoms with van der Waals surface area (Å²) in [4.78, 5) is 24.2. The van der Waals surface area contributed by atoms with Gasteiger partial charge in [-0.25, -0.2) is 4.98 Å². The van der Waals surface area contributed by atoms with Crippen molar-refractivity contribution in [1.82, 2.24) is 19.5 Å². The Hall–Kier alpha value is -4.19. The number of imidazole rings is 1. The van der Waals surface area contributed by atoms with Gasteiger partial charge in [0.25, 0.3) is 0 Å². The van der Waals surface area contributed by atoms with E-state index in [4.69, 9.17) is 24.7 Å². The molecule has 41 heavy (non-hydrogen) atoms. The number of carbonyl (C=O) groups is 1. The van der Waals surface area contributed by atoms with Crippen molar-refractivity contribution < 1.29 is 28.1 Å². The van der Waals surface area contributed by atoms with Gasteiger partial charge in [-0.05, 0) is 31.1 Å². The molecule has 4 unspecified atom stereocenters. The van der Waals surface area contributed by atoms with Gasteiger partial charge in [-0.2, -0.15) is 14.4 Å². The fraction of sp³-hybridized carbons (Fsp3) is 0.333. The van der Waals surface area contributed by atoms with E-state index in [0.717, 1.165) is 16.7 Å². The zero-order valence-corrected chi connectivity index (χ0v) is 23.1. The molecule has 10 nitrogen and oxygen atoms in total. The minimum atomic E-state index is -1.21. The monoisotopic (exact) mass is 561 g/mol. The van der Waals surface area contributed by atoms with E-state index in [-0.39, 0.29) is 30.2 Å². The Morgan fingerprint density at radius 3 is 2.34 bits per heavy atom. The third-order valence-electron chi connectivity index (χ3n) is 6.64. The summed E-state index contributed by atoms with van der Waals surface area (Å²) in [6, 6.07) is 19.4. The lowest BCUT2D eigenvalue weighted by atomic mass is 9.93. The molecule has 4 aromatic rings. The van der Waals surface area contributed by atoms with Gasteiger partial charge in [0.1, 0.15) is 11.7 Å². The second kappa shape index (κ2) is 12.1. The third-order valence-corrected chi connectivity index (χ3v) is 6.64. The summed E-state index contributed by atoms with van der Waals surface area (Å²) in [5.41, 5.74) is 7.83. The van der Waals surface area contributed by atoms with Gasteiger partial charge in [0, 0.05) is 6.92 Å². The number of nitrogens with zero attached hydrogens (tertiary/aromatic N) is 4. The molecule has 2 N–H and O–H groups in total. The molecule has 2 aromatic heterocycles. The molecule has 0 aliphatic carbocycles. The number of aromatic nitrogens is 4. The average Bonchev–Trinajstić information content (AvgIpc) is 3.47. The number of nitrogen functional groups attached to an aromatic ring is 1. The van der Waals surface area contributed by atoms with Crippen LogP contribution in [0.2, 0.25) is 0 Å². The van der Waals surface area contributed by atoms with Crippen LogP contribution in [0.5, 0.6) is 0 Å². The number of allylic oxidation sites excluding steroid dienone is 1. The van der Waals surface area contributed by atoms with Crippen molar-refractivity contribution in [1.29, 1.82) is 0 Å². The van der Waals surface area contributed by atoms with Gasteiger partial charge in [-0.1, -0.05) is 66.2 Å². The Bertz CT molecular complexity index is 1530. The molecule has 4 atom stereocenters. The van der Waals surface area contributed by atoms with E-state index in [1.807, 2.05) is 80.6 Å². The SMILES string of the molecule is CC(=O)OC1C(n2cnc3c(N)nc(F)nc32)OC(C=C(C)C)(COCc2ccccc2)C1OCc1ccccc1. The minimum absolute atomic E-state index is 0.0684. The van der Waals surface area contributed by atoms with Gasteiger partial charge in [-0.3, -0.25) is 9.36 Å². The fourth-order valence-electron chi connectivity index (χ4n) is 5.07. The molecule has 214 valence electrons. The number of hydrogen-bond donors (Lipinski definition) is 1. The topological polar surface area (TPSA) is 124 Å². The Balaban J connectivity index is 1.58.